The summed E-state index contributed by atoms with van der Waals surface area (Å²) in [6.45, 7) is 0. The highest BCUT2D eigenvalue weighted by Crippen LogP contribution is 2.42. The Morgan fingerprint density at radius 2 is 1.28 bits per heavy atom. The second kappa shape index (κ2) is 7.84. The number of carboxylic acid groups (broad SMARTS) is 1. The maximum absolute atomic E-state index is 12.2. The van der Waals surface area contributed by atoms with E-state index in [1.54, 1.807) is 60.7 Å². The summed E-state index contributed by atoms with van der Waals surface area (Å²) in [7, 11) is 0. The minimum Gasteiger partial charge on any atom is -0.478 e. The van der Waals surface area contributed by atoms with Crippen LogP contribution in [0, 0.1) is 0 Å². The summed E-state index contributed by atoms with van der Waals surface area (Å²) in [6.07, 6.45) is 0. The highest BCUT2D eigenvalue weighted by Gasteiger charge is 2.61. The van der Waals surface area contributed by atoms with Crippen LogP contribution in [0.2, 0.25) is 0 Å². The monoisotopic (exact) mass is 394 g/mol. The Morgan fingerprint density at radius 3 is 1.83 bits per heavy atom. The summed E-state index contributed by atoms with van der Waals surface area (Å²) in [5, 5.41) is 39.1. The zero-order chi connectivity index (χ0) is 21.1. The number of benzene rings is 3. The third-order valence-corrected chi connectivity index (χ3v) is 4.36. The van der Waals surface area contributed by atoms with Crippen LogP contribution in [0.3, 0.4) is 0 Å². The van der Waals surface area contributed by atoms with E-state index in [1.165, 1.54) is 24.3 Å². The van der Waals surface area contributed by atoms with Crippen molar-refractivity contribution in [3.63, 3.8) is 0 Å². The summed E-state index contributed by atoms with van der Waals surface area (Å²) < 4.78 is 5.33. The number of aliphatic hydroxyl groups is 3. The van der Waals surface area contributed by atoms with Crippen molar-refractivity contribution in [3.8, 4) is 5.75 Å². The van der Waals surface area contributed by atoms with E-state index in [0.717, 1.165) is 0 Å². The summed E-state index contributed by atoms with van der Waals surface area (Å²) in [5.41, 5.74) is 0.420. The molecule has 0 aromatic heterocycles. The lowest BCUT2D eigenvalue weighted by Gasteiger charge is -2.41. The molecule has 148 valence electrons. The lowest BCUT2D eigenvalue weighted by atomic mass is 9.87. The second-order valence-corrected chi connectivity index (χ2v) is 6.28. The number of carboxylic acids is 1. The number of para-hydroxylation sites is 1. The number of hydrogen-bond donors (Lipinski definition) is 4. The first-order chi connectivity index (χ1) is 13.8. The molecular formula is C22H18O7. The summed E-state index contributed by atoms with van der Waals surface area (Å²) in [5.74, 6) is -7.41. The fourth-order valence-electron chi connectivity index (χ4n) is 2.82. The molecular weight excluding hydrogens is 376 g/mol. The van der Waals surface area contributed by atoms with Crippen molar-refractivity contribution in [1.29, 1.82) is 0 Å². The van der Waals surface area contributed by atoms with Gasteiger partial charge in [0.05, 0.1) is 11.1 Å². The van der Waals surface area contributed by atoms with E-state index in [4.69, 9.17) is 9.84 Å². The lowest BCUT2D eigenvalue weighted by Crippen LogP contribution is -2.62. The van der Waals surface area contributed by atoms with Crippen LogP contribution in [0.15, 0.2) is 84.9 Å². The molecule has 7 heteroatoms. The number of Topliss-reactive ketones (excluding diaryl/α,β-unsaturated/α-hetero) is 1. The first kappa shape index (κ1) is 20.2. The largest absolute Gasteiger partial charge is 0.478 e. The minimum atomic E-state index is -3.07. The molecule has 3 aromatic carbocycles. The van der Waals surface area contributed by atoms with E-state index in [2.05, 4.69) is 0 Å². The van der Waals surface area contributed by atoms with Crippen molar-refractivity contribution >= 4 is 11.8 Å². The lowest BCUT2D eigenvalue weighted by molar-refractivity contribution is -0.327. The molecule has 29 heavy (non-hydrogen) atoms. The molecule has 1 heterocycles. The molecule has 0 bridgehead atoms. The topological polar surface area (TPSA) is 124 Å². The maximum atomic E-state index is 12.2. The van der Waals surface area contributed by atoms with Crippen LogP contribution in [-0.4, -0.2) is 38.0 Å². The molecule has 0 saturated carbocycles. The van der Waals surface area contributed by atoms with Gasteiger partial charge in [-0.2, -0.15) is 0 Å². The van der Waals surface area contributed by atoms with Crippen LogP contribution in [0.25, 0.3) is 0 Å². The first-order valence-corrected chi connectivity index (χ1v) is 8.61. The number of hydrogen-bond acceptors (Lipinski definition) is 6. The number of ketones is 1. The molecule has 0 amide bonds. The van der Waals surface area contributed by atoms with E-state index < -0.39 is 23.3 Å². The molecule has 1 aliphatic heterocycles. The fraction of sp³-hybridized carbons (Fsp3) is 0.0909. The van der Waals surface area contributed by atoms with Crippen molar-refractivity contribution < 1.29 is 34.8 Å². The Labute approximate surface area is 166 Å². The zero-order valence-electron chi connectivity index (χ0n) is 15.1. The van der Waals surface area contributed by atoms with Gasteiger partial charge >= 0.3 is 11.8 Å². The Kier molecular flexibility index (Phi) is 5.47. The van der Waals surface area contributed by atoms with Gasteiger partial charge in [-0.1, -0.05) is 60.7 Å². The number of ether oxygens (including phenoxy) is 1. The standard InChI is InChI=1S/C15H12O5.C7H6O2/c16-13-11-8-4-5-9-12(11)20-15(19,14(13,17)18)10-6-2-1-3-7-10;8-7(9)6-4-2-1-3-5-6/h1-9,17-19H;1-5H,(H,8,9). The van der Waals surface area contributed by atoms with Crippen molar-refractivity contribution in [3.05, 3.63) is 102 Å². The molecule has 1 aliphatic rings. The average molecular weight is 394 g/mol. The quantitative estimate of drug-likeness (QED) is 0.491. The second-order valence-electron chi connectivity index (χ2n) is 6.28. The van der Waals surface area contributed by atoms with Crippen molar-refractivity contribution in [2.45, 2.75) is 11.6 Å². The third kappa shape index (κ3) is 3.74. The molecule has 7 nitrogen and oxygen atoms in total. The highest BCUT2D eigenvalue weighted by molar-refractivity contribution is 6.05. The summed E-state index contributed by atoms with van der Waals surface area (Å²) in [6, 6.07) is 22.2. The Balaban J connectivity index is 0.000000224. The van der Waals surface area contributed by atoms with E-state index in [-0.39, 0.29) is 16.9 Å². The number of aromatic carboxylic acids is 1. The van der Waals surface area contributed by atoms with E-state index in [1.807, 2.05) is 0 Å². The number of carbonyl (C=O) groups excluding carboxylic acids is 1. The predicted octanol–water partition coefficient (Wildman–Crippen LogP) is 2.17. The van der Waals surface area contributed by atoms with Crippen molar-refractivity contribution in [2.24, 2.45) is 0 Å². The third-order valence-electron chi connectivity index (χ3n) is 4.36. The normalized spacial score (nSPS) is 19.2. The molecule has 0 fully saturated rings. The van der Waals surface area contributed by atoms with Gasteiger partial charge < -0.3 is 25.2 Å². The van der Waals surface area contributed by atoms with E-state index >= 15 is 0 Å². The van der Waals surface area contributed by atoms with Gasteiger partial charge in [0.15, 0.2) is 0 Å². The Bertz CT molecular complexity index is 1020. The summed E-state index contributed by atoms with van der Waals surface area (Å²) >= 11 is 0. The van der Waals surface area contributed by atoms with Crippen LogP contribution in [0.5, 0.6) is 5.75 Å². The first-order valence-electron chi connectivity index (χ1n) is 8.61. The molecule has 1 atom stereocenters. The number of rotatable bonds is 2. The SMILES string of the molecule is O=C(O)c1ccccc1.O=C1c2ccccc2OC(O)(c2ccccc2)C1(O)O. The van der Waals surface area contributed by atoms with Crippen LogP contribution in [-0.2, 0) is 5.79 Å². The molecule has 0 spiro atoms. The molecule has 4 rings (SSSR count). The summed E-state index contributed by atoms with van der Waals surface area (Å²) in [4.78, 5) is 22.4. The molecule has 3 aromatic rings. The van der Waals surface area contributed by atoms with Crippen LogP contribution >= 0.6 is 0 Å². The Morgan fingerprint density at radius 1 is 0.759 bits per heavy atom. The van der Waals surface area contributed by atoms with Crippen molar-refractivity contribution in [2.75, 3.05) is 0 Å². The average Bonchev–Trinajstić information content (AvgIpc) is 2.74. The van der Waals surface area contributed by atoms with E-state index in [0.29, 0.717) is 5.56 Å². The highest BCUT2D eigenvalue weighted by atomic mass is 16.7. The molecule has 0 aliphatic carbocycles. The van der Waals surface area contributed by atoms with Gasteiger partial charge in [0.1, 0.15) is 5.75 Å². The van der Waals surface area contributed by atoms with Gasteiger partial charge in [-0.3, -0.25) is 4.79 Å². The van der Waals surface area contributed by atoms with E-state index in [9.17, 15) is 24.9 Å². The van der Waals surface area contributed by atoms with Crippen molar-refractivity contribution in [1.82, 2.24) is 0 Å². The van der Waals surface area contributed by atoms with Gasteiger partial charge in [-0.25, -0.2) is 4.79 Å². The zero-order valence-corrected chi connectivity index (χ0v) is 15.1. The molecule has 0 radical (unpaired) electrons. The van der Waals surface area contributed by atoms with Crippen LogP contribution < -0.4 is 4.74 Å². The Hall–Kier alpha value is -3.52. The number of carbonyl (C=O) groups is 2. The fourth-order valence-corrected chi connectivity index (χ4v) is 2.82. The minimum absolute atomic E-state index is 0.0121. The maximum Gasteiger partial charge on any atom is 0.335 e. The van der Waals surface area contributed by atoms with Crippen LogP contribution in [0.4, 0.5) is 0 Å². The predicted molar refractivity (Wildman–Crippen MR) is 102 cm³/mol. The van der Waals surface area contributed by atoms with Gasteiger partial charge in [-0.15, -0.1) is 0 Å². The van der Waals surface area contributed by atoms with Gasteiger partial charge in [0.25, 0.3) is 5.79 Å². The molecule has 0 saturated heterocycles. The smallest absolute Gasteiger partial charge is 0.335 e. The van der Waals surface area contributed by atoms with Gasteiger partial charge in [-0.05, 0) is 24.3 Å². The molecule has 1 unspecified atom stereocenters. The number of fused-ring (bicyclic) bond motifs is 1. The van der Waals surface area contributed by atoms with Gasteiger partial charge in [0.2, 0.25) is 5.78 Å². The van der Waals surface area contributed by atoms with Gasteiger partial charge in [0, 0.05) is 5.56 Å². The van der Waals surface area contributed by atoms with Crippen LogP contribution in [0.1, 0.15) is 26.3 Å². The molecule has 4 N–H and O–H groups in total.